The van der Waals surface area contributed by atoms with Gasteiger partial charge >= 0.3 is 5.97 Å². The molecule has 0 saturated carbocycles. The molecule has 0 saturated heterocycles. The van der Waals surface area contributed by atoms with E-state index in [0.717, 1.165) is 0 Å². The Hall–Kier alpha value is -2.96. The van der Waals surface area contributed by atoms with Crippen LogP contribution in [0.25, 0.3) is 0 Å². The van der Waals surface area contributed by atoms with Crippen molar-refractivity contribution in [3.63, 3.8) is 0 Å². The first-order chi connectivity index (χ1) is 11.0. The molecule has 1 aromatic heterocycles. The molecule has 6 nitrogen and oxygen atoms in total. The highest BCUT2D eigenvalue weighted by Crippen LogP contribution is 2.34. The lowest BCUT2D eigenvalue weighted by Gasteiger charge is -2.33. The Morgan fingerprint density at radius 1 is 1.35 bits per heavy atom. The van der Waals surface area contributed by atoms with Crippen molar-refractivity contribution in [2.24, 2.45) is 0 Å². The van der Waals surface area contributed by atoms with Crippen molar-refractivity contribution >= 4 is 17.6 Å². The summed E-state index contributed by atoms with van der Waals surface area (Å²) in [7, 11) is 0. The number of carboxylic acid groups (broad SMARTS) is 1. The number of anilines is 1. The van der Waals surface area contributed by atoms with Crippen LogP contribution >= 0.6 is 0 Å². The highest BCUT2D eigenvalue weighted by molar-refractivity contribution is 6.07. The van der Waals surface area contributed by atoms with Gasteiger partial charge in [0.05, 0.1) is 17.8 Å². The number of carboxylic acids is 1. The fourth-order valence-corrected chi connectivity index (χ4v) is 2.41. The van der Waals surface area contributed by atoms with E-state index in [0.29, 0.717) is 18.0 Å². The third kappa shape index (κ3) is 2.85. The predicted octanol–water partition coefficient (Wildman–Crippen LogP) is 2.35. The van der Waals surface area contributed by atoms with Crippen molar-refractivity contribution in [1.29, 1.82) is 0 Å². The maximum Gasteiger partial charge on any atom is 0.354 e. The van der Waals surface area contributed by atoms with Crippen molar-refractivity contribution in [2.45, 2.75) is 13.0 Å². The van der Waals surface area contributed by atoms with Gasteiger partial charge in [-0.2, -0.15) is 0 Å². The number of pyridine rings is 1. The Bertz CT molecular complexity index is 776. The van der Waals surface area contributed by atoms with Crippen LogP contribution in [0.1, 0.15) is 27.8 Å². The molecule has 118 valence electrons. The molecular weight excluding hydrogens is 303 g/mol. The summed E-state index contributed by atoms with van der Waals surface area (Å²) >= 11 is 0. The fourth-order valence-electron chi connectivity index (χ4n) is 2.41. The zero-order chi connectivity index (χ0) is 16.6. The highest BCUT2D eigenvalue weighted by atomic mass is 19.1. The number of aromatic nitrogens is 1. The van der Waals surface area contributed by atoms with Crippen molar-refractivity contribution in [2.75, 3.05) is 11.4 Å². The molecule has 1 amide bonds. The van der Waals surface area contributed by atoms with Gasteiger partial charge in [-0.3, -0.25) is 4.79 Å². The number of halogens is 1. The van der Waals surface area contributed by atoms with Gasteiger partial charge in [0.25, 0.3) is 5.91 Å². The van der Waals surface area contributed by atoms with Crippen LogP contribution in [0.5, 0.6) is 5.75 Å². The molecule has 3 rings (SSSR count). The molecule has 0 spiro atoms. The van der Waals surface area contributed by atoms with E-state index in [2.05, 4.69) is 4.98 Å². The maximum absolute atomic E-state index is 13.3. The van der Waals surface area contributed by atoms with E-state index in [9.17, 15) is 14.0 Å². The lowest BCUT2D eigenvalue weighted by atomic mass is 10.1. The number of rotatable bonds is 2. The Kier molecular flexibility index (Phi) is 3.69. The maximum atomic E-state index is 13.3. The number of hydrogen-bond acceptors (Lipinski definition) is 4. The van der Waals surface area contributed by atoms with E-state index in [4.69, 9.17) is 9.84 Å². The van der Waals surface area contributed by atoms with Crippen LogP contribution in [0.2, 0.25) is 0 Å². The summed E-state index contributed by atoms with van der Waals surface area (Å²) in [6.45, 7) is 2.08. The quantitative estimate of drug-likeness (QED) is 0.920. The second kappa shape index (κ2) is 5.68. The van der Waals surface area contributed by atoms with Crippen LogP contribution in [-0.4, -0.2) is 34.6 Å². The first kappa shape index (κ1) is 15.0. The van der Waals surface area contributed by atoms with E-state index in [1.807, 2.05) is 0 Å². The number of nitrogens with zero attached hydrogens (tertiary/aromatic N) is 2. The van der Waals surface area contributed by atoms with Gasteiger partial charge in [0.1, 0.15) is 23.4 Å². The van der Waals surface area contributed by atoms with Gasteiger partial charge in [0.2, 0.25) is 0 Å². The third-order valence-electron chi connectivity index (χ3n) is 3.46. The van der Waals surface area contributed by atoms with E-state index in [1.165, 1.54) is 41.4 Å². The summed E-state index contributed by atoms with van der Waals surface area (Å²) in [5.74, 6) is -1.66. The topological polar surface area (TPSA) is 79.7 Å². The third-order valence-corrected chi connectivity index (χ3v) is 3.46. The molecule has 0 aliphatic carbocycles. The van der Waals surface area contributed by atoms with Gasteiger partial charge in [-0.1, -0.05) is 0 Å². The molecule has 7 heteroatoms. The first-order valence-electron chi connectivity index (χ1n) is 6.93. The molecule has 2 aromatic rings. The van der Waals surface area contributed by atoms with Gasteiger partial charge in [0, 0.05) is 12.3 Å². The zero-order valence-electron chi connectivity index (χ0n) is 12.2. The smallest absolute Gasteiger partial charge is 0.354 e. The monoisotopic (exact) mass is 316 g/mol. The highest BCUT2D eigenvalue weighted by Gasteiger charge is 2.29. The normalized spacial score (nSPS) is 16.4. The minimum atomic E-state index is -1.16. The second-order valence-corrected chi connectivity index (χ2v) is 5.19. The molecule has 2 heterocycles. The molecule has 1 N–H and O–H groups in total. The minimum Gasteiger partial charge on any atom is -0.487 e. The van der Waals surface area contributed by atoms with Crippen molar-refractivity contribution in [3.8, 4) is 5.75 Å². The zero-order valence-corrected chi connectivity index (χ0v) is 12.2. The van der Waals surface area contributed by atoms with Crippen molar-refractivity contribution < 1.29 is 23.8 Å². The Balaban J connectivity index is 1.95. The summed E-state index contributed by atoms with van der Waals surface area (Å²) in [5.41, 5.74) is 0.579. The van der Waals surface area contributed by atoms with Crippen molar-refractivity contribution in [3.05, 3.63) is 53.6 Å². The summed E-state index contributed by atoms with van der Waals surface area (Å²) in [6, 6.07) is 6.64. The van der Waals surface area contributed by atoms with Gasteiger partial charge in [-0.15, -0.1) is 0 Å². The Morgan fingerprint density at radius 2 is 2.13 bits per heavy atom. The number of fused-ring (bicyclic) bond motifs is 1. The largest absolute Gasteiger partial charge is 0.487 e. The van der Waals surface area contributed by atoms with E-state index in [-0.39, 0.29) is 23.3 Å². The second-order valence-electron chi connectivity index (χ2n) is 5.19. The standard InChI is InChI=1S/C16H13FN2O4/c1-9-8-19(13-5-3-11(17)6-14(13)23-9)15(20)10-2-4-12(16(21)22)18-7-10/h2-7,9H,8H2,1H3,(H,21,22)/t9-/m0/s1. The molecular formula is C16H13FN2O4. The van der Waals surface area contributed by atoms with Crippen LogP contribution in [0.4, 0.5) is 10.1 Å². The molecule has 23 heavy (non-hydrogen) atoms. The Morgan fingerprint density at radius 3 is 2.78 bits per heavy atom. The summed E-state index contributed by atoms with van der Waals surface area (Å²) in [5, 5.41) is 8.84. The average Bonchev–Trinajstić information content (AvgIpc) is 2.53. The molecule has 0 unspecified atom stereocenters. The summed E-state index contributed by atoms with van der Waals surface area (Å²) in [6.07, 6.45) is 0.925. The van der Waals surface area contributed by atoms with Crippen LogP contribution in [0, 0.1) is 5.82 Å². The Labute approximate surface area is 131 Å². The van der Waals surface area contributed by atoms with Crippen LogP contribution in [0.15, 0.2) is 36.5 Å². The van der Waals surface area contributed by atoms with E-state index < -0.39 is 11.8 Å². The van der Waals surface area contributed by atoms with E-state index in [1.54, 1.807) is 6.92 Å². The summed E-state index contributed by atoms with van der Waals surface area (Å²) in [4.78, 5) is 28.7. The molecule has 0 fully saturated rings. The van der Waals surface area contributed by atoms with E-state index >= 15 is 0 Å². The number of carbonyl (C=O) groups is 2. The number of benzene rings is 1. The van der Waals surface area contributed by atoms with Crippen molar-refractivity contribution in [1.82, 2.24) is 4.98 Å². The van der Waals surface area contributed by atoms with Crippen LogP contribution in [0.3, 0.4) is 0 Å². The number of aromatic carboxylic acids is 1. The lowest BCUT2D eigenvalue weighted by molar-refractivity contribution is 0.0690. The molecule has 1 aliphatic rings. The van der Waals surface area contributed by atoms with Crippen LogP contribution < -0.4 is 9.64 Å². The number of ether oxygens (including phenoxy) is 1. The molecule has 1 aromatic carbocycles. The predicted molar refractivity (Wildman–Crippen MR) is 79.4 cm³/mol. The molecule has 1 aliphatic heterocycles. The number of amides is 1. The number of carbonyl (C=O) groups excluding carboxylic acids is 1. The van der Waals surface area contributed by atoms with Gasteiger partial charge < -0.3 is 14.7 Å². The minimum absolute atomic E-state index is 0.139. The van der Waals surface area contributed by atoms with Gasteiger partial charge in [0.15, 0.2) is 0 Å². The SMILES string of the molecule is C[C@H]1CN(C(=O)c2ccc(C(=O)O)nc2)c2ccc(F)cc2O1. The fraction of sp³-hybridized carbons (Fsp3) is 0.188. The van der Waals surface area contributed by atoms with Gasteiger partial charge in [-0.05, 0) is 31.2 Å². The lowest BCUT2D eigenvalue weighted by Crippen LogP contribution is -2.42. The molecule has 0 bridgehead atoms. The average molecular weight is 316 g/mol. The van der Waals surface area contributed by atoms with Gasteiger partial charge in [-0.25, -0.2) is 14.2 Å². The first-order valence-corrected chi connectivity index (χ1v) is 6.93. The molecule has 1 atom stereocenters. The van der Waals surface area contributed by atoms with Crippen LogP contribution in [-0.2, 0) is 0 Å². The number of hydrogen-bond donors (Lipinski definition) is 1. The summed E-state index contributed by atoms with van der Waals surface area (Å²) < 4.78 is 18.9. The molecule has 0 radical (unpaired) electrons.